The quantitative estimate of drug-likeness (QED) is 0.809. The van der Waals surface area contributed by atoms with Crippen LogP contribution in [0, 0.1) is 0 Å². The first-order valence-corrected chi connectivity index (χ1v) is 7.44. The summed E-state index contributed by atoms with van der Waals surface area (Å²) in [6, 6.07) is 1.40. The molecule has 4 heteroatoms. The van der Waals surface area contributed by atoms with Crippen molar-refractivity contribution in [3.63, 3.8) is 0 Å². The Kier molecular flexibility index (Phi) is 4.54. The van der Waals surface area contributed by atoms with Crippen molar-refractivity contribution in [1.82, 2.24) is 15.2 Å². The fourth-order valence-corrected chi connectivity index (χ4v) is 2.48. The highest BCUT2D eigenvalue weighted by molar-refractivity contribution is 7.09. The molecular weight excluding hydrogens is 230 g/mol. The van der Waals surface area contributed by atoms with E-state index in [1.54, 1.807) is 11.3 Å². The zero-order valence-corrected chi connectivity index (χ0v) is 11.9. The van der Waals surface area contributed by atoms with Gasteiger partial charge in [0.25, 0.3) is 0 Å². The van der Waals surface area contributed by atoms with Crippen LogP contribution < -0.4 is 5.32 Å². The van der Waals surface area contributed by atoms with Gasteiger partial charge < -0.3 is 5.32 Å². The number of nitrogens with one attached hydrogen (secondary N) is 1. The molecule has 1 fully saturated rings. The number of aromatic nitrogens is 1. The summed E-state index contributed by atoms with van der Waals surface area (Å²) in [6.45, 7) is 6.41. The van der Waals surface area contributed by atoms with E-state index in [1.165, 1.54) is 30.0 Å². The monoisotopic (exact) mass is 253 g/mol. The maximum atomic E-state index is 4.68. The van der Waals surface area contributed by atoms with Gasteiger partial charge in [0.1, 0.15) is 5.01 Å². The number of nitrogens with zero attached hydrogens (tertiary/aromatic N) is 2. The number of hydrogen-bond donors (Lipinski definition) is 1. The van der Waals surface area contributed by atoms with Crippen molar-refractivity contribution in [2.75, 3.05) is 7.05 Å². The molecule has 0 aliphatic heterocycles. The maximum absolute atomic E-state index is 4.68. The van der Waals surface area contributed by atoms with Gasteiger partial charge in [0.05, 0.1) is 5.69 Å². The van der Waals surface area contributed by atoms with Gasteiger partial charge in [-0.15, -0.1) is 11.3 Å². The summed E-state index contributed by atoms with van der Waals surface area (Å²) >= 11 is 1.78. The predicted molar refractivity (Wildman–Crippen MR) is 73.2 cm³/mol. The lowest BCUT2D eigenvalue weighted by Crippen LogP contribution is -2.27. The van der Waals surface area contributed by atoms with E-state index in [-0.39, 0.29) is 0 Å². The summed E-state index contributed by atoms with van der Waals surface area (Å²) in [5.74, 6) is 0. The van der Waals surface area contributed by atoms with Crippen molar-refractivity contribution in [3.8, 4) is 0 Å². The van der Waals surface area contributed by atoms with E-state index in [9.17, 15) is 0 Å². The second-order valence-electron chi connectivity index (χ2n) is 5.06. The third-order valence-electron chi connectivity index (χ3n) is 3.47. The van der Waals surface area contributed by atoms with Gasteiger partial charge in [-0.05, 0) is 33.2 Å². The third-order valence-corrected chi connectivity index (χ3v) is 4.37. The van der Waals surface area contributed by atoms with Crippen molar-refractivity contribution in [1.29, 1.82) is 0 Å². The van der Waals surface area contributed by atoms with Gasteiger partial charge in [-0.2, -0.15) is 0 Å². The Labute approximate surface area is 108 Å². The van der Waals surface area contributed by atoms with E-state index < -0.39 is 0 Å². The normalized spacial score (nSPS) is 17.6. The first-order valence-electron chi connectivity index (χ1n) is 6.56. The maximum Gasteiger partial charge on any atom is 0.107 e. The van der Waals surface area contributed by atoms with E-state index in [4.69, 9.17) is 0 Å². The minimum atomic E-state index is 0.629. The second kappa shape index (κ2) is 5.94. The van der Waals surface area contributed by atoms with Crippen LogP contribution in [-0.4, -0.2) is 29.0 Å². The molecule has 0 amide bonds. The molecule has 0 radical (unpaired) electrons. The molecule has 1 N–H and O–H groups in total. The van der Waals surface area contributed by atoms with E-state index in [1.807, 2.05) is 0 Å². The average molecular weight is 253 g/mol. The van der Waals surface area contributed by atoms with E-state index in [0.29, 0.717) is 6.04 Å². The minimum Gasteiger partial charge on any atom is -0.308 e. The van der Waals surface area contributed by atoms with Gasteiger partial charge in [-0.3, -0.25) is 4.90 Å². The Hall–Kier alpha value is -0.450. The van der Waals surface area contributed by atoms with Crippen LogP contribution in [0.4, 0.5) is 0 Å². The highest BCUT2D eigenvalue weighted by atomic mass is 32.1. The fraction of sp³-hybridized carbons (Fsp3) is 0.769. The zero-order chi connectivity index (χ0) is 12.3. The van der Waals surface area contributed by atoms with Gasteiger partial charge in [0, 0.05) is 30.6 Å². The average Bonchev–Trinajstić information content (AvgIpc) is 3.06. The summed E-state index contributed by atoms with van der Waals surface area (Å²) in [5, 5.41) is 6.93. The van der Waals surface area contributed by atoms with Crippen LogP contribution in [0.1, 0.15) is 43.8 Å². The Morgan fingerprint density at radius 2 is 2.35 bits per heavy atom. The highest BCUT2D eigenvalue weighted by Gasteiger charge is 2.20. The molecule has 1 aliphatic rings. The van der Waals surface area contributed by atoms with Crippen molar-refractivity contribution in [2.24, 2.45) is 0 Å². The largest absolute Gasteiger partial charge is 0.308 e. The molecule has 1 heterocycles. The lowest BCUT2D eigenvalue weighted by atomic mass is 10.2. The van der Waals surface area contributed by atoms with Crippen LogP contribution in [0.25, 0.3) is 0 Å². The summed E-state index contributed by atoms with van der Waals surface area (Å²) in [6.07, 6.45) is 3.88. The van der Waals surface area contributed by atoms with Gasteiger partial charge in [-0.1, -0.05) is 6.92 Å². The Morgan fingerprint density at radius 1 is 1.59 bits per heavy atom. The topological polar surface area (TPSA) is 28.2 Å². The van der Waals surface area contributed by atoms with Crippen LogP contribution in [0.2, 0.25) is 0 Å². The molecule has 1 saturated carbocycles. The summed E-state index contributed by atoms with van der Waals surface area (Å²) < 4.78 is 0. The van der Waals surface area contributed by atoms with Gasteiger partial charge in [-0.25, -0.2) is 4.98 Å². The van der Waals surface area contributed by atoms with Gasteiger partial charge in [0.2, 0.25) is 0 Å². The van der Waals surface area contributed by atoms with Crippen LogP contribution >= 0.6 is 11.3 Å². The van der Waals surface area contributed by atoms with Crippen LogP contribution in [-0.2, 0) is 13.1 Å². The number of rotatable bonds is 7. The fourth-order valence-electron chi connectivity index (χ4n) is 1.74. The molecule has 0 saturated heterocycles. The van der Waals surface area contributed by atoms with E-state index in [0.717, 1.165) is 19.1 Å². The molecule has 3 nitrogen and oxygen atoms in total. The minimum absolute atomic E-state index is 0.629. The standard InChI is InChI=1S/C13H23N3S/c1-4-10(2)16(3)8-12-9-17-13(15-12)7-14-11-5-6-11/h9-11,14H,4-8H2,1-3H3. The molecule has 0 spiro atoms. The van der Waals surface area contributed by atoms with Crippen LogP contribution in [0.5, 0.6) is 0 Å². The first kappa shape index (κ1) is 13.0. The number of thiazole rings is 1. The van der Waals surface area contributed by atoms with Crippen molar-refractivity contribution in [2.45, 2.75) is 58.3 Å². The number of hydrogen-bond acceptors (Lipinski definition) is 4. The molecule has 96 valence electrons. The molecule has 17 heavy (non-hydrogen) atoms. The third kappa shape index (κ3) is 4.05. The SMILES string of the molecule is CCC(C)N(C)Cc1csc(CNC2CC2)n1. The molecular formula is C13H23N3S. The first-order chi connectivity index (χ1) is 8.19. The van der Waals surface area contributed by atoms with E-state index in [2.05, 4.69) is 41.5 Å². The molecule has 1 aromatic heterocycles. The molecule has 1 unspecified atom stereocenters. The summed E-state index contributed by atoms with van der Waals surface area (Å²) in [4.78, 5) is 7.05. The highest BCUT2D eigenvalue weighted by Crippen LogP contribution is 2.20. The van der Waals surface area contributed by atoms with Crippen LogP contribution in [0.15, 0.2) is 5.38 Å². The molecule has 1 aromatic rings. The van der Waals surface area contributed by atoms with Crippen molar-refractivity contribution in [3.05, 3.63) is 16.1 Å². The Morgan fingerprint density at radius 3 is 3.00 bits per heavy atom. The second-order valence-corrected chi connectivity index (χ2v) is 6.00. The van der Waals surface area contributed by atoms with Crippen LogP contribution in [0.3, 0.4) is 0 Å². The zero-order valence-electron chi connectivity index (χ0n) is 11.1. The molecule has 1 atom stereocenters. The lowest BCUT2D eigenvalue weighted by Gasteiger charge is -2.22. The van der Waals surface area contributed by atoms with Crippen molar-refractivity contribution >= 4 is 11.3 Å². The van der Waals surface area contributed by atoms with Gasteiger partial charge >= 0.3 is 0 Å². The Bertz CT molecular complexity index is 346. The summed E-state index contributed by atoms with van der Waals surface area (Å²) in [5.41, 5.74) is 1.21. The van der Waals surface area contributed by atoms with Gasteiger partial charge in [0.15, 0.2) is 0 Å². The molecule has 0 aromatic carbocycles. The smallest absolute Gasteiger partial charge is 0.107 e. The summed E-state index contributed by atoms with van der Waals surface area (Å²) in [7, 11) is 2.18. The predicted octanol–water partition coefficient (Wildman–Crippen LogP) is 2.63. The Balaban J connectivity index is 1.80. The molecule has 1 aliphatic carbocycles. The lowest BCUT2D eigenvalue weighted by molar-refractivity contribution is 0.241. The van der Waals surface area contributed by atoms with E-state index >= 15 is 0 Å². The molecule has 0 bridgehead atoms. The van der Waals surface area contributed by atoms with Crippen molar-refractivity contribution < 1.29 is 0 Å². The molecule has 2 rings (SSSR count).